The maximum atomic E-state index is 12.3. The van der Waals surface area contributed by atoms with Gasteiger partial charge in [-0.2, -0.15) is 0 Å². The number of benzene rings is 1. The predicted molar refractivity (Wildman–Crippen MR) is 91.4 cm³/mol. The van der Waals surface area contributed by atoms with E-state index in [-0.39, 0.29) is 48.5 Å². The van der Waals surface area contributed by atoms with Crippen molar-refractivity contribution in [2.45, 2.75) is 18.7 Å². The molecule has 25 heavy (non-hydrogen) atoms. The third-order valence-electron chi connectivity index (χ3n) is 3.99. The second-order valence-corrected chi connectivity index (χ2v) is 7.84. The first kappa shape index (κ1) is 19.2. The van der Waals surface area contributed by atoms with Gasteiger partial charge in [-0.3, -0.25) is 4.79 Å². The second kappa shape index (κ2) is 7.83. The number of fused-ring (bicyclic) bond motifs is 1. The highest BCUT2D eigenvalue weighted by Crippen LogP contribution is 2.34. The van der Waals surface area contributed by atoms with E-state index >= 15 is 0 Å². The number of ether oxygens (including phenoxy) is 1. The summed E-state index contributed by atoms with van der Waals surface area (Å²) in [6.07, 6.45) is 0. The minimum Gasteiger partial charge on any atom is -0.423 e. The Morgan fingerprint density at radius 1 is 1.36 bits per heavy atom. The lowest BCUT2D eigenvalue weighted by atomic mass is 10.2. The van der Waals surface area contributed by atoms with Gasteiger partial charge in [0, 0.05) is 19.2 Å². The molecule has 0 unspecified atom stereocenters. The van der Waals surface area contributed by atoms with Gasteiger partial charge in [-0.1, -0.05) is 6.92 Å². The van der Waals surface area contributed by atoms with Gasteiger partial charge in [-0.05, 0) is 19.1 Å². The van der Waals surface area contributed by atoms with Crippen LogP contribution in [0.2, 0.25) is 0 Å². The van der Waals surface area contributed by atoms with Crippen molar-refractivity contribution in [2.24, 2.45) is 0 Å². The Kier molecular flexibility index (Phi) is 6.02. The van der Waals surface area contributed by atoms with Gasteiger partial charge in [-0.25, -0.2) is 13.2 Å². The Balaban J connectivity index is 2.29. The lowest BCUT2D eigenvalue weighted by molar-refractivity contribution is -0.133. The van der Waals surface area contributed by atoms with E-state index in [4.69, 9.17) is 9.84 Å². The molecule has 0 saturated carbocycles. The number of aliphatic hydroxyl groups excluding tert-OH is 1. The van der Waals surface area contributed by atoms with Gasteiger partial charge in [0.25, 0.3) is 0 Å². The minimum absolute atomic E-state index is 0.0597. The topological polar surface area (TPSA) is 104 Å². The number of carbonyl (C=O) groups excluding carboxylic acids is 2. The number of hydrogen-bond acceptors (Lipinski definition) is 7. The third-order valence-corrected chi connectivity index (χ3v) is 5.72. The Labute approximate surface area is 146 Å². The van der Waals surface area contributed by atoms with E-state index in [0.717, 1.165) is 0 Å². The summed E-state index contributed by atoms with van der Waals surface area (Å²) in [6.45, 7) is 3.69. The van der Waals surface area contributed by atoms with Crippen LogP contribution in [0.4, 0.5) is 5.69 Å². The van der Waals surface area contributed by atoms with Crippen LogP contribution in [0.15, 0.2) is 23.1 Å². The molecule has 1 aromatic carbocycles. The maximum absolute atomic E-state index is 12.3. The van der Waals surface area contributed by atoms with Gasteiger partial charge in [0.1, 0.15) is 6.54 Å². The van der Waals surface area contributed by atoms with Crippen LogP contribution in [0.3, 0.4) is 0 Å². The number of nitrogens with zero attached hydrogens (tertiary/aromatic N) is 2. The standard InChI is InChI=1S/C16H22N2O6S/c1-3-17(7-8-19)15(20)10-18-11-16(21)24-14-9-12(5-6-13(14)18)25(22,23)4-2/h5-6,9,19H,3-4,7-8,10-11H2,1-2H3. The molecular formula is C16H22N2O6S. The summed E-state index contributed by atoms with van der Waals surface area (Å²) in [4.78, 5) is 27.3. The summed E-state index contributed by atoms with van der Waals surface area (Å²) in [5.74, 6) is -0.725. The quantitative estimate of drug-likeness (QED) is 0.534. The molecule has 1 amide bonds. The van der Waals surface area contributed by atoms with Gasteiger partial charge >= 0.3 is 5.97 Å². The number of likely N-dealkylation sites (N-methyl/N-ethyl adjacent to an activating group) is 1. The zero-order valence-corrected chi connectivity index (χ0v) is 15.1. The van der Waals surface area contributed by atoms with Gasteiger partial charge in [0.15, 0.2) is 15.6 Å². The van der Waals surface area contributed by atoms with E-state index < -0.39 is 15.8 Å². The lowest BCUT2D eigenvalue weighted by Crippen LogP contribution is -2.45. The monoisotopic (exact) mass is 370 g/mol. The number of anilines is 1. The molecule has 0 spiro atoms. The number of aliphatic hydroxyl groups is 1. The van der Waals surface area contributed by atoms with Crippen LogP contribution in [0.1, 0.15) is 13.8 Å². The molecule has 1 heterocycles. The van der Waals surface area contributed by atoms with E-state index in [0.29, 0.717) is 12.2 Å². The number of sulfone groups is 1. The van der Waals surface area contributed by atoms with Gasteiger partial charge in [0.2, 0.25) is 5.91 Å². The van der Waals surface area contributed by atoms with Crippen molar-refractivity contribution in [1.29, 1.82) is 0 Å². The van der Waals surface area contributed by atoms with Gasteiger partial charge in [-0.15, -0.1) is 0 Å². The Bertz CT molecular complexity index is 762. The molecule has 9 heteroatoms. The van der Waals surface area contributed by atoms with Gasteiger partial charge < -0.3 is 19.6 Å². The highest BCUT2D eigenvalue weighted by atomic mass is 32.2. The van der Waals surface area contributed by atoms with Crippen molar-refractivity contribution < 1.29 is 27.9 Å². The van der Waals surface area contributed by atoms with Gasteiger partial charge in [0.05, 0.1) is 29.5 Å². The van der Waals surface area contributed by atoms with E-state index in [1.54, 1.807) is 17.9 Å². The Morgan fingerprint density at radius 3 is 2.68 bits per heavy atom. The average Bonchev–Trinajstić information content (AvgIpc) is 2.58. The first-order chi connectivity index (χ1) is 11.8. The number of carbonyl (C=O) groups is 2. The van der Waals surface area contributed by atoms with Crippen molar-refractivity contribution in [3.63, 3.8) is 0 Å². The molecular weight excluding hydrogens is 348 g/mol. The summed E-state index contributed by atoms with van der Waals surface area (Å²) in [7, 11) is -3.43. The molecule has 1 N–H and O–H groups in total. The molecule has 0 fully saturated rings. The third kappa shape index (κ3) is 4.29. The summed E-state index contributed by atoms with van der Waals surface area (Å²) in [5.41, 5.74) is 0.489. The molecule has 1 aliphatic rings. The summed E-state index contributed by atoms with van der Waals surface area (Å²) < 4.78 is 29.1. The van der Waals surface area contributed by atoms with Crippen LogP contribution in [0.25, 0.3) is 0 Å². The lowest BCUT2D eigenvalue weighted by Gasteiger charge is -2.31. The van der Waals surface area contributed by atoms with Crippen LogP contribution < -0.4 is 9.64 Å². The molecule has 0 aromatic heterocycles. The fourth-order valence-corrected chi connectivity index (χ4v) is 3.47. The first-order valence-electron chi connectivity index (χ1n) is 8.03. The van der Waals surface area contributed by atoms with E-state index in [9.17, 15) is 18.0 Å². The van der Waals surface area contributed by atoms with Crippen LogP contribution in [0, 0.1) is 0 Å². The van der Waals surface area contributed by atoms with Crippen LogP contribution in [-0.4, -0.2) is 68.8 Å². The van der Waals surface area contributed by atoms with Crippen LogP contribution >= 0.6 is 0 Å². The number of esters is 1. The summed E-state index contributed by atoms with van der Waals surface area (Å²) in [6, 6.07) is 4.30. The van der Waals surface area contributed by atoms with Crippen molar-refractivity contribution in [1.82, 2.24) is 4.90 Å². The van der Waals surface area contributed by atoms with Crippen molar-refractivity contribution >= 4 is 27.4 Å². The first-order valence-corrected chi connectivity index (χ1v) is 9.68. The fraction of sp³-hybridized carbons (Fsp3) is 0.500. The van der Waals surface area contributed by atoms with E-state index in [1.165, 1.54) is 24.0 Å². The molecule has 2 rings (SSSR count). The van der Waals surface area contributed by atoms with E-state index in [1.807, 2.05) is 0 Å². The predicted octanol–water partition coefficient (Wildman–Crippen LogP) is 0.0464. The summed E-state index contributed by atoms with van der Waals surface area (Å²) in [5, 5.41) is 9.01. The average molecular weight is 370 g/mol. The smallest absolute Gasteiger partial charge is 0.331 e. The Hall–Kier alpha value is -2.13. The molecule has 0 atom stereocenters. The molecule has 1 aromatic rings. The second-order valence-electron chi connectivity index (χ2n) is 5.56. The number of rotatable bonds is 7. The molecule has 1 aliphatic heterocycles. The van der Waals surface area contributed by atoms with Crippen molar-refractivity contribution in [3.05, 3.63) is 18.2 Å². The molecule has 8 nitrogen and oxygen atoms in total. The SMILES string of the molecule is CCN(CCO)C(=O)CN1CC(=O)Oc2cc(S(=O)(=O)CC)ccc21. The molecule has 138 valence electrons. The number of amides is 1. The fourth-order valence-electron chi connectivity index (χ4n) is 2.58. The van der Waals surface area contributed by atoms with Crippen LogP contribution in [-0.2, 0) is 19.4 Å². The minimum atomic E-state index is -3.43. The van der Waals surface area contributed by atoms with Crippen LogP contribution in [0.5, 0.6) is 5.75 Å². The maximum Gasteiger partial charge on any atom is 0.331 e. The Morgan fingerprint density at radius 2 is 2.08 bits per heavy atom. The van der Waals surface area contributed by atoms with Crippen molar-refractivity contribution in [3.8, 4) is 5.75 Å². The normalized spacial score (nSPS) is 14.0. The van der Waals surface area contributed by atoms with E-state index in [2.05, 4.69) is 0 Å². The number of hydrogen-bond donors (Lipinski definition) is 1. The molecule has 0 radical (unpaired) electrons. The summed E-state index contributed by atoms with van der Waals surface area (Å²) >= 11 is 0. The zero-order chi connectivity index (χ0) is 18.6. The highest BCUT2D eigenvalue weighted by molar-refractivity contribution is 7.91. The zero-order valence-electron chi connectivity index (χ0n) is 14.3. The highest BCUT2D eigenvalue weighted by Gasteiger charge is 2.28. The van der Waals surface area contributed by atoms with Crippen molar-refractivity contribution in [2.75, 3.05) is 43.4 Å². The largest absolute Gasteiger partial charge is 0.423 e. The molecule has 0 bridgehead atoms. The molecule has 0 aliphatic carbocycles. The molecule has 0 saturated heterocycles.